The Morgan fingerprint density at radius 2 is 2.20 bits per heavy atom. The Hall–Kier alpha value is -1.88. The number of benzene rings is 1. The van der Waals surface area contributed by atoms with Crippen molar-refractivity contribution in [1.29, 1.82) is 0 Å². The van der Waals surface area contributed by atoms with Crippen LogP contribution < -0.4 is 10.2 Å². The second-order valence-corrected chi connectivity index (χ2v) is 5.12. The lowest BCUT2D eigenvalue weighted by Gasteiger charge is -2.37. The van der Waals surface area contributed by atoms with Gasteiger partial charge in [-0.3, -0.25) is 9.59 Å². The van der Waals surface area contributed by atoms with Gasteiger partial charge in [-0.2, -0.15) is 0 Å². The van der Waals surface area contributed by atoms with Gasteiger partial charge in [0.2, 0.25) is 5.91 Å². The van der Waals surface area contributed by atoms with E-state index >= 15 is 0 Å². The SMILES string of the molecule is CC(C)NC(=O)C1COCCN1c1ccccc1C=O. The van der Waals surface area contributed by atoms with Gasteiger partial charge in [-0.1, -0.05) is 12.1 Å². The highest BCUT2D eigenvalue weighted by molar-refractivity contribution is 5.90. The third-order valence-corrected chi connectivity index (χ3v) is 3.24. The standard InChI is InChI=1S/C15H20N2O3/c1-11(2)16-15(19)14-10-20-8-7-17(14)13-6-4-3-5-12(13)9-18/h3-6,9,11,14H,7-8,10H2,1-2H3,(H,16,19). The summed E-state index contributed by atoms with van der Waals surface area (Å²) in [5.41, 5.74) is 1.38. The number of rotatable bonds is 4. The smallest absolute Gasteiger partial charge is 0.245 e. The molecule has 5 nitrogen and oxygen atoms in total. The molecule has 1 aliphatic heterocycles. The van der Waals surface area contributed by atoms with E-state index in [0.717, 1.165) is 12.0 Å². The lowest BCUT2D eigenvalue weighted by molar-refractivity contribution is -0.125. The molecule has 1 fully saturated rings. The van der Waals surface area contributed by atoms with Gasteiger partial charge in [0, 0.05) is 23.8 Å². The number of amides is 1. The monoisotopic (exact) mass is 276 g/mol. The van der Waals surface area contributed by atoms with Crippen LogP contribution >= 0.6 is 0 Å². The molecule has 0 radical (unpaired) electrons. The number of anilines is 1. The molecule has 0 aromatic heterocycles. The van der Waals surface area contributed by atoms with Crippen LogP contribution in [0.1, 0.15) is 24.2 Å². The lowest BCUT2D eigenvalue weighted by atomic mass is 10.1. The van der Waals surface area contributed by atoms with Crippen LogP contribution in [0.15, 0.2) is 24.3 Å². The Kier molecular flexibility index (Phi) is 4.74. The van der Waals surface area contributed by atoms with Gasteiger partial charge in [0.15, 0.2) is 6.29 Å². The summed E-state index contributed by atoms with van der Waals surface area (Å²) in [6.45, 7) is 5.34. The highest BCUT2D eigenvalue weighted by Crippen LogP contribution is 2.23. The van der Waals surface area contributed by atoms with Crippen LogP contribution in [-0.2, 0) is 9.53 Å². The molecule has 108 valence electrons. The van der Waals surface area contributed by atoms with Gasteiger partial charge < -0.3 is 15.0 Å². The zero-order chi connectivity index (χ0) is 14.5. The number of nitrogens with zero attached hydrogens (tertiary/aromatic N) is 1. The number of ether oxygens (including phenoxy) is 1. The quantitative estimate of drug-likeness (QED) is 0.840. The normalized spacial score (nSPS) is 18.9. The van der Waals surface area contributed by atoms with E-state index in [2.05, 4.69) is 5.32 Å². The van der Waals surface area contributed by atoms with Crippen LogP contribution in [0.3, 0.4) is 0 Å². The van der Waals surface area contributed by atoms with Gasteiger partial charge in [-0.05, 0) is 26.0 Å². The molecule has 2 rings (SSSR count). The van der Waals surface area contributed by atoms with E-state index in [1.54, 1.807) is 6.07 Å². The number of morpholine rings is 1. The van der Waals surface area contributed by atoms with E-state index in [1.165, 1.54) is 0 Å². The van der Waals surface area contributed by atoms with Crippen molar-refractivity contribution in [2.24, 2.45) is 0 Å². The zero-order valence-corrected chi connectivity index (χ0v) is 11.8. The molecule has 1 saturated heterocycles. The maximum atomic E-state index is 12.3. The Labute approximate surface area is 118 Å². The zero-order valence-electron chi connectivity index (χ0n) is 11.8. The third kappa shape index (κ3) is 3.17. The van der Waals surface area contributed by atoms with Crippen molar-refractivity contribution >= 4 is 17.9 Å². The van der Waals surface area contributed by atoms with Crippen molar-refractivity contribution in [1.82, 2.24) is 5.32 Å². The predicted molar refractivity (Wildman–Crippen MR) is 77.1 cm³/mol. The van der Waals surface area contributed by atoms with Crippen LogP contribution in [0.25, 0.3) is 0 Å². The van der Waals surface area contributed by atoms with Crippen molar-refractivity contribution in [3.05, 3.63) is 29.8 Å². The summed E-state index contributed by atoms with van der Waals surface area (Å²) in [6.07, 6.45) is 0.822. The fourth-order valence-corrected chi connectivity index (χ4v) is 2.34. The summed E-state index contributed by atoms with van der Waals surface area (Å²) in [5.74, 6) is -0.0691. The van der Waals surface area contributed by atoms with E-state index in [4.69, 9.17) is 4.74 Å². The number of aldehydes is 1. The highest BCUT2D eigenvalue weighted by Gasteiger charge is 2.30. The van der Waals surface area contributed by atoms with Crippen molar-refractivity contribution in [3.8, 4) is 0 Å². The van der Waals surface area contributed by atoms with Crippen LogP contribution in [0.5, 0.6) is 0 Å². The van der Waals surface area contributed by atoms with Crippen LogP contribution in [-0.4, -0.2) is 44.0 Å². The minimum absolute atomic E-state index is 0.0691. The van der Waals surface area contributed by atoms with Crippen LogP contribution in [0.4, 0.5) is 5.69 Å². The number of nitrogens with one attached hydrogen (secondary N) is 1. The van der Waals surface area contributed by atoms with E-state index in [9.17, 15) is 9.59 Å². The van der Waals surface area contributed by atoms with Crippen LogP contribution in [0.2, 0.25) is 0 Å². The van der Waals surface area contributed by atoms with Crippen molar-refractivity contribution in [2.45, 2.75) is 25.9 Å². The molecule has 5 heteroatoms. The van der Waals surface area contributed by atoms with Crippen molar-refractivity contribution < 1.29 is 14.3 Å². The molecular formula is C15H20N2O3. The second-order valence-electron chi connectivity index (χ2n) is 5.12. The Morgan fingerprint density at radius 3 is 2.90 bits per heavy atom. The third-order valence-electron chi connectivity index (χ3n) is 3.24. The summed E-state index contributed by atoms with van der Waals surface area (Å²) in [7, 11) is 0. The summed E-state index contributed by atoms with van der Waals surface area (Å²) in [6, 6.07) is 6.99. The Bertz CT molecular complexity index is 488. The fourth-order valence-electron chi connectivity index (χ4n) is 2.34. The first-order valence-corrected chi connectivity index (χ1v) is 6.82. The van der Waals surface area contributed by atoms with Gasteiger partial charge in [-0.15, -0.1) is 0 Å². The molecule has 0 aliphatic carbocycles. The molecule has 1 heterocycles. The molecule has 0 saturated carbocycles. The van der Waals surface area contributed by atoms with Gasteiger partial charge in [0.05, 0.1) is 13.2 Å². The summed E-state index contributed by atoms with van der Waals surface area (Å²) in [4.78, 5) is 25.4. The number of carbonyl (C=O) groups excluding carboxylic acids is 2. The predicted octanol–water partition coefficient (Wildman–Crippen LogP) is 1.23. The fraction of sp³-hybridized carbons (Fsp3) is 0.467. The molecule has 20 heavy (non-hydrogen) atoms. The molecule has 0 spiro atoms. The molecule has 1 unspecified atom stereocenters. The number of hydrogen-bond donors (Lipinski definition) is 1. The molecule has 1 atom stereocenters. The Morgan fingerprint density at radius 1 is 1.45 bits per heavy atom. The minimum atomic E-state index is -0.396. The van der Waals surface area contributed by atoms with Gasteiger partial charge in [-0.25, -0.2) is 0 Å². The highest BCUT2D eigenvalue weighted by atomic mass is 16.5. The first-order chi connectivity index (χ1) is 9.63. The molecule has 1 aromatic rings. The molecule has 1 amide bonds. The molecule has 1 aliphatic rings. The number of para-hydroxylation sites is 1. The first-order valence-electron chi connectivity index (χ1n) is 6.82. The van der Waals surface area contributed by atoms with Gasteiger partial charge in [0.25, 0.3) is 0 Å². The lowest BCUT2D eigenvalue weighted by Crippen LogP contribution is -2.55. The van der Waals surface area contributed by atoms with Gasteiger partial charge in [0.1, 0.15) is 6.04 Å². The topological polar surface area (TPSA) is 58.6 Å². The minimum Gasteiger partial charge on any atom is -0.377 e. The summed E-state index contributed by atoms with van der Waals surface area (Å²) in [5, 5.41) is 2.90. The molecule has 1 aromatic carbocycles. The van der Waals surface area contributed by atoms with E-state index in [1.807, 2.05) is 36.9 Å². The maximum absolute atomic E-state index is 12.3. The average Bonchev–Trinajstić information content (AvgIpc) is 2.46. The summed E-state index contributed by atoms with van der Waals surface area (Å²) >= 11 is 0. The number of carbonyl (C=O) groups is 2. The first kappa shape index (κ1) is 14.5. The maximum Gasteiger partial charge on any atom is 0.245 e. The van der Waals surface area contributed by atoms with Gasteiger partial charge >= 0.3 is 0 Å². The molecular weight excluding hydrogens is 256 g/mol. The molecule has 1 N–H and O–H groups in total. The largest absolute Gasteiger partial charge is 0.377 e. The Balaban J connectivity index is 2.26. The number of hydrogen-bond acceptors (Lipinski definition) is 4. The van der Waals surface area contributed by atoms with Crippen molar-refractivity contribution in [2.75, 3.05) is 24.7 Å². The van der Waals surface area contributed by atoms with Crippen molar-refractivity contribution in [3.63, 3.8) is 0 Å². The van der Waals surface area contributed by atoms with E-state index in [-0.39, 0.29) is 11.9 Å². The van der Waals surface area contributed by atoms with Crippen LogP contribution in [0, 0.1) is 0 Å². The second kappa shape index (κ2) is 6.52. The van der Waals surface area contributed by atoms with E-state index < -0.39 is 6.04 Å². The molecule has 0 bridgehead atoms. The summed E-state index contributed by atoms with van der Waals surface area (Å²) < 4.78 is 5.42. The average molecular weight is 276 g/mol. The van der Waals surface area contributed by atoms with E-state index in [0.29, 0.717) is 25.3 Å².